The zero-order valence-corrected chi connectivity index (χ0v) is 8.60. The average Bonchev–Trinajstić information content (AvgIpc) is 2.61. The lowest BCUT2D eigenvalue weighted by atomic mass is 10.3. The van der Waals surface area contributed by atoms with Crippen LogP contribution in [0.15, 0.2) is 28.6 Å². The summed E-state index contributed by atoms with van der Waals surface area (Å²) < 4.78 is 14.9. The molecular formula is C8H6N2O2S2. The molecule has 1 aromatic carbocycles. The second-order valence-electron chi connectivity index (χ2n) is 2.45. The van der Waals surface area contributed by atoms with Crippen LogP contribution in [0.5, 0.6) is 0 Å². The molecule has 0 radical (unpaired) electrons. The molecule has 0 fully saturated rings. The molecule has 4 nitrogen and oxygen atoms in total. The number of aromatic nitrogens is 1. The highest BCUT2D eigenvalue weighted by atomic mass is 32.2. The Morgan fingerprint density at radius 3 is 2.93 bits per heavy atom. The molecule has 0 spiro atoms. The van der Waals surface area contributed by atoms with Crippen molar-refractivity contribution in [2.24, 2.45) is 0 Å². The number of fused-ring (bicyclic) bond motifs is 1. The molecule has 0 aliphatic heterocycles. The summed E-state index contributed by atoms with van der Waals surface area (Å²) in [6, 6.07) is 7.49. The van der Waals surface area contributed by atoms with E-state index in [4.69, 9.17) is 0 Å². The van der Waals surface area contributed by atoms with Gasteiger partial charge in [-0.2, -0.15) is 0 Å². The fourth-order valence-electron chi connectivity index (χ4n) is 1.02. The van der Waals surface area contributed by atoms with Gasteiger partial charge in [-0.05, 0) is 12.1 Å². The van der Waals surface area contributed by atoms with Crippen molar-refractivity contribution in [2.75, 3.05) is 0 Å². The minimum absolute atomic E-state index is 0.405. The molecule has 0 aliphatic carbocycles. The van der Waals surface area contributed by atoms with Crippen molar-refractivity contribution in [3.8, 4) is 0 Å². The number of thiazole rings is 1. The fourth-order valence-corrected chi connectivity index (χ4v) is 2.81. The summed E-state index contributed by atoms with van der Waals surface area (Å²) in [5.41, 5.74) is 0.800. The van der Waals surface area contributed by atoms with Crippen LogP contribution in [-0.2, 0) is 15.8 Å². The van der Waals surface area contributed by atoms with Gasteiger partial charge in [-0.15, -0.1) is 11.3 Å². The van der Waals surface area contributed by atoms with E-state index in [1.807, 2.05) is 24.3 Å². The standard InChI is InChI=1S/C8H6N2O2S2/c11-5-9-14(12)8-10-6-3-1-2-4-7(6)13-8/h1-5H,(H,9,11). The van der Waals surface area contributed by atoms with E-state index in [0.717, 1.165) is 10.2 Å². The van der Waals surface area contributed by atoms with Crippen molar-refractivity contribution in [1.29, 1.82) is 0 Å². The molecular weight excluding hydrogens is 220 g/mol. The second kappa shape index (κ2) is 3.85. The first kappa shape index (κ1) is 9.29. The summed E-state index contributed by atoms with van der Waals surface area (Å²) in [6.07, 6.45) is 0.405. The van der Waals surface area contributed by atoms with Crippen LogP contribution in [0.4, 0.5) is 0 Å². The number of hydrogen-bond acceptors (Lipinski definition) is 4. The van der Waals surface area contributed by atoms with Gasteiger partial charge in [-0.25, -0.2) is 9.19 Å². The van der Waals surface area contributed by atoms with Gasteiger partial charge in [0.05, 0.1) is 10.2 Å². The quantitative estimate of drug-likeness (QED) is 0.796. The number of amides is 1. The largest absolute Gasteiger partial charge is 0.278 e. The van der Waals surface area contributed by atoms with Gasteiger partial charge in [0.25, 0.3) is 0 Å². The van der Waals surface area contributed by atoms with Crippen LogP contribution < -0.4 is 4.72 Å². The summed E-state index contributed by atoms with van der Waals surface area (Å²) in [5, 5.41) is 0. The Balaban J connectivity index is 2.44. The Kier molecular flexibility index (Phi) is 2.55. The first-order chi connectivity index (χ1) is 6.81. The van der Waals surface area contributed by atoms with E-state index in [-0.39, 0.29) is 0 Å². The Hall–Kier alpha value is -1.27. The van der Waals surface area contributed by atoms with Crippen LogP contribution in [0.2, 0.25) is 0 Å². The van der Waals surface area contributed by atoms with Crippen LogP contribution in [0, 0.1) is 0 Å². The third-order valence-corrected chi connectivity index (χ3v) is 3.84. The lowest BCUT2D eigenvalue weighted by Gasteiger charge is -1.90. The SMILES string of the molecule is O=CNS(=O)c1nc2ccccc2s1. The Bertz CT molecular complexity index is 462. The maximum atomic E-state index is 11.3. The Morgan fingerprint density at radius 1 is 1.43 bits per heavy atom. The molecule has 0 saturated carbocycles. The van der Waals surface area contributed by atoms with E-state index in [1.165, 1.54) is 11.3 Å². The third kappa shape index (κ3) is 1.66. The molecule has 0 saturated heterocycles. The van der Waals surface area contributed by atoms with Gasteiger partial charge >= 0.3 is 0 Å². The molecule has 0 aliphatic rings. The smallest absolute Gasteiger partial charge is 0.219 e. The summed E-state index contributed by atoms with van der Waals surface area (Å²) in [6.45, 7) is 0. The van der Waals surface area contributed by atoms with Crippen molar-refractivity contribution >= 4 is 38.9 Å². The highest BCUT2D eigenvalue weighted by Crippen LogP contribution is 2.22. The number of carbonyl (C=O) groups is 1. The first-order valence-electron chi connectivity index (χ1n) is 3.78. The van der Waals surface area contributed by atoms with Gasteiger partial charge < -0.3 is 0 Å². The topological polar surface area (TPSA) is 59.1 Å². The fraction of sp³-hybridized carbons (Fsp3) is 0. The molecule has 2 rings (SSSR count). The molecule has 1 heterocycles. The Morgan fingerprint density at radius 2 is 2.21 bits per heavy atom. The molecule has 1 N–H and O–H groups in total. The number of nitrogens with one attached hydrogen (secondary N) is 1. The van der Waals surface area contributed by atoms with Gasteiger partial charge in [0.15, 0.2) is 11.0 Å². The van der Waals surface area contributed by atoms with E-state index < -0.39 is 11.0 Å². The van der Waals surface area contributed by atoms with Crippen molar-refractivity contribution in [3.63, 3.8) is 0 Å². The molecule has 1 unspecified atom stereocenters. The summed E-state index contributed by atoms with van der Waals surface area (Å²) in [7, 11) is -1.53. The van der Waals surface area contributed by atoms with Crippen molar-refractivity contribution in [3.05, 3.63) is 24.3 Å². The summed E-state index contributed by atoms with van der Waals surface area (Å²) in [4.78, 5) is 14.2. The molecule has 1 aromatic heterocycles. The van der Waals surface area contributed by atoms with Crippen molar-refractivity contribution in [1.82, 2.24) is 9.71 Å². The first-order valence-corrected chi connectivity index (χ1v) is 5.75. The Labute approximate surface area is 86.6 Å². The van der Waals surface area contributed by atoms with Gasteiger partial charge in [0, 0.05) is 0 Å². The lowest BCUT2D eigenvalue weighted by Crippen LogP contribution is -2.14. The second-order valence-corrected chi connectivity index (χ2v) is 4.90. The molecule has 2 aromatic rings. The van der Waals surface area contributed by atoms with E-state index in [1.54, 1.807) is 0 Å². The maximum Gasteiger partial charge on any atom is 0.219 e. The highest BCUT2D eigenvalue weighted by molar-refractivity contribution is 7.85. The van der Waals surface area contributed by atoms with E-state index in [0.29, 0.717) is 10.7 Å². The van der Waals surface area contributed by atoms with Crippen LogP contribution in [0.1, 0.15) is 0 Å². The molecule has 6 heteroatoms. The van der Waals surface area contributed by atoms with E-state index in [2.05, 4.69) is 9.71 Å². The number of benzene rings is 1. The van der Waals surface area contributed by atoms with Crippen molar-refractivity contribution in [2.45, 2.75) is 4.34 Å². The number of para-hydroxylation sites is 1. The van der Waals surface area contributed by atoms with E-state index >= 15 is 0 Å². The van der Waals surface area contributed by atoms with Crippen LogP contribution in [0.3, 0.4) is 0 Å². The maximum absolute atomic E-state index is 11.3. The van der Waals surface area contributed by atoms with Crippen LogP contribution in [-0.4, -0.2) is 15.6 Å². The van der Waals surface area contributed by atoms with Gasteiger partial charge in [-0.3, -0.25) is 9.52 Å². The molecule has 14 heavy (non-hydrogen) atoms. The minimum Gasteiger partial charge on any atom is -0.278 e. The predicted octanol–water partition coefficient (Wildman–Crippen LogP) is 1.06. The van der Waals surface area contributed by atoms with Crippen LogP contribution >= 0.6 is 11.3 Å². The van der Waals surface area contributed by atoms with E-state index in [9.17, 15) is 9.00 Å². The molecule has 72 valence electrons. The number of carbonyl (C=O) groups excluding carboxylic acids is 1. The number of hydrogen-bond donors (Lipinski definition) is 1. The molecule has 1 amide bonds. The van der Waals surface area contributed by atoms with Gasteiger partial charge in [-0.1, -0.05) is 12.1 Å². The minimum atomic E-state index is -1.53. The summed E-state index contributed by atoms with van der Waals surface area (Å²) >= 11 is 1.31. The zero-order valence-electron chi connectivity index (χ0n) is 6.97. The van der Waals surface area contributed by atoms with Crippen LogP contribution in [0.25, 0.3) is 10.2 Å². The number of rotatable bonds is 3. The highest BCUT2D eigenvalue weighted by Gasteiger charge is 2.08. The van der Waals surface area contributed by atoms with Gasteiger partial charge in [0.2, 0.25) is 10.7 Å². The number of nitrogens with zero attached hydrogens (tertiary/aromatic N) is 1. The zero-order chi connectivity index (χ0) is 9.97. The van der Waals surface area contributed by atoms with Crippen molar-refractivity contribution < 1.29 is 9.00 Å². The lowest BCUT2D eigenvalue weighted by molar-refractivity contribution is -0.108. The van der Waals surface area contributed by atoms with Gasteiger partial charge in [0.1, 0.15) is 0 Å². The molecule has 1 atom stereocenters. The molecule has 0 bridgehead atoms. The normalized spacial score (nSPS) is 12.6. The third-order valence-electron chi connectivity index (χ3n) is 1.59. The summed E-state index contributed by atoms with van der Waals surface area (Å²) in [5.74, 6) is 0. The monoisotopic (exact) mass is 226 g/mol. The average molecular weight is 226 g/mol. The predicted molar refractivity (Wildman–Crippen MR) is 55.2 cm³/mol.